The first-order chi connectivity index (χ1) is 13.4. The summed E-state index contributed by atoms with van der Waals surface area (Å²) in [6.07, 6.45) is 8.66. The van der Waals surface area contributed by atoms with Gasteiger partial charge in [0, 0.05) is 26.3 Å². The minimum atomic E-state index is 0. The van der Waals surface area contributed by atoms with Crippen LogP contribution in [0.4, 0.5) is 11.5 Å². The molecule has 0 fully saturated rings. The predicted octanol–water partition coefficient (Wildman–Crippen LogP) is 4.71. The third-order valence-corrected chi connectivity index (χ3v) is 4.25. The van der Waals surface area contributed by atoms with Gasteiger partial charge in [-0.05, 0) is 48.2 Å². The second kappa shape index (κ2) is 9.98. The molecular formula is C23H18BIrN3-. The summed E-state index contributed by atoms with van der Waals surface area (Å²) >= 11 is 0. The Morgan fingerprint density at radius 2 is 1.79 bits per heavy atom. The van der Waals surface area contributed by atoms with Crippen LogP contribution in [-0.4, -0.2) is 18.1 Å². The van der Waals surface area contributed by atoms with E-state index < -0.39 is 0 Å². The minimum absolute atomic E-state index is 0. The number of anilines is 1. The Hall–Kier alpha value is -2.75. The van der Waals surface area contributed by atoms with E-state index in [9.17, 15) is 0 Å². The summed E-state index contributed by atoms with van der Waals surface area (Å²) in [6.45, 7) is 0. The zero-order chi connectivity index (χ0) is 18.3. The van der Waals surface area contributed by atoms with Crippen molar-refractivity contribution in [3.8, 4) is 0 Å². The number of allylic oxidation sites excluding steroid dienone is 2. The number of hydrogen-bond acceptors (Lipinski definition) is 3. The molecule has 3 nitrogen and oxygen atoms in total. The van der Waals surface area contributed by atoms with Gasteiger partial charge in [-0.1, -0.05) is 36.3 Å². The third-order valence-electron chi connectivity index (χ3n) is 4.25. The number of hydrogen-bond donors (Lipinski definition) is 0. The number of fused-ring (bicyclic) bond motifs is 1. The molecule has 0 unspecified atom stereocenters. The van der Waals surface area contributed by atoms with Crippen molar-refractivity contribution in [2.45, 2.75) is 6.42 Å². The van der Waals surface area contributed by atoms with Crippen molar-refractivity contribution in [1.82, 2.24) is 4.98 Å². The summed E-state index contributed by atoms with van der Waals surface area (Å²) in [4.78, 5) is 10.8. The van der Waals surface area contributed by atoms with Gasteiger partial charge in [0.2, 0.25) is 0 Å². The second-order valence-corrected chi connectivity index (χ2v) is 6.11. The van der Waals surface area contributed by atoms with Gasteiger partial charge in [-0.3, -0.25) is 0 Å². The number of nitrogens with zero attached hydrogens (tertiary/aromatic N) is 3. The molecule has 2 radical (unpaired) electrons. The molecule has 0 atom stereocenters. The van der Waals surface area contributed by atoms with E-state index in [1.54, 1.807) is 6.20 Å². The maximum atomic E-state index is 4.61. The van der Waals surface area contributed by atoms with Crippen molar-refractivity contribution in [3.05, 3.63) is 114 Å². The molecule has 138 valence electrons. The van der Waals surface area contributed by atoms with Crippen LogP contribution in [0.25, 0.3) is 0 Å². The molecule has 5 heteroatoms. The van der Waals surface area contributed by atoms with Crippen LogP contribution in [0.2, 0.25) is 0 Å². The fourth-order valence-electron chi connectivity index (χ4n) is 2.92. The average Bonchev–Trinajstić information content (AvgIpc) is 3.21. The third kappa shape index (κ3) is 4.95. The molecule has 3 aromatic rings. The van der Waals surface area contributed by atoms with E-state index in [4.69, 9.17) is 0 Å². The zero-order valence-corrected chi connectivity index (χ0v) is 17.6. The standard InChI is InChI=1S/C14H10N.C9H8BN2.Ir/c1-2-6-11(7-3-1)14-10-12-8-4-5-9-13(12)15-14;1-3-7-11-9(5-1)12-8-4-2-6-10-12;/h1-6,8-9H,10H2;1-8H;/q-1;;. The van der Waals surface area contributed by atoms with Crippen molar-refractivity contribution in [2.24, 2.45) is 4.99 Å². The normalized spacial score (nSPS) is 13.4. The van der Waals surface area contributed by atoms with Crippen LogP contribution < -0.4 is 4.81 Å². The molecule has 0 saturated heterocycles. The van der Waals surface area contributed by atoms with Crippen LogP contribution in [-0.2, 0) is 26.5 Å². The molecule has 2 aromatic carbocycles. The van der Waals surface area contributed by atoms with Crippen molar-refractivity contribution < 1.29 is 20.1 Å². The largest absolute Gasteiger partial charge is 0.377 e. The van der Waals surface area contributed by atoms with E-state index in [1.165, 1.54) is 5.56 Å². The number of aromatic nitrogens is 1. The van der Waals surface area contributed by atoms with Gasteiger partial charge in [0.1, 0.15) is 5.82 Å². The quantitative estimate of drug-likeness (QED) is 0.349. The Morgan fingerprint density at radius 3 is 2.50 bits per heavy atom. The summed E-state index contributed by atoms with van der Waals surface area (Å²) < 4.78 is 0. The SMILES string of the molecule is [B]1C=CC=CN1c1ccccn1.[Ir].[c-]1ccccc1C1=Nc2ccccc2C1. The molecule has 3 heterocycles. The molecule has 28 heavy (non-hydrogen) atoms. The Labute approximate surface area is 180 Å². The molecule has 0 amide bonds. The first-order valence-electron chi connectivity index (χ1n) is 8.90. The molecular weight excluding hydrogens is 521 g/mol. The minimum Gasteiger partial charge on any atom is -0.377 e. The van der Waals surface area contributed by atoms with Gasteiger partial charge in [0.05, 0.1) is 5.69 Å². The summed E-state index contributed by atoms with van der Waals surface area (Å²) in [7, 11) is 1.97. The van der Waals surface area contributed by atoms with Crippen LogP contribution >= 0.6 is 0 Å². The fraction of sp³-hybridized carbons (Fsp3) is 0.0435. The Kier molecular flexibility index (Phi) is 7.13. The molecule has 0 saturated carbocycles. The average molecular weight is 539 g/mol. The molecule has 2 aliphatic heterocycles. The monoisotopic (exact) mass is 540 g/mol. The van der Waals surface area contributed by atoms with Crippen LogP contribution in [0.3, 0.4) is 0 Å². The number of benzene rings is 2. The fourth-order valence-corrected chi connectivity index (χ4v) is 2.92. The molecule has 0 aliphatic carbocycles. The van der Waals surface area contributed by atoms with E-state index >= 15 is 0 Å². The number of para-hydroxylation sites is 1. The van der Waals surface area contributed by atoms with Gasteiger partial charge in [0.15, 0.2) is 0 Å². The van der Waals surface area contributed by atoms with Gasteiger partial charge in [-0.15, -0.1) is 35.9 Å². The predicted molar refractivity (Wildman–Crippen MR) is 112 cm³/mol. The van der Waals surface area contributed by atoms with E-state index in [1.807, 2.05) is 79.0 Å². The van der Waals surface area contributed by atoms with Crippen molar-refractivity contribution in [2.75, 3.05) is 4.81 Å². The van der Waals surface area contributed by atoms with E-state index in [0.29, 0.717) is 0 Å². The molecule has 0 N–H and O–H groups in total. The molecule has 1 aromatic heterocycles. The number of pyridine rings is 1. The molecule has 0 spiro atoms. The van der Waals surface area contributed by atoms with Gasteiger partial charge < -0.3 is 9.80 Å². The first kappa shape index (κ1) is 20.0. The van der Waals surface area contributed by atoms with E-state index in [2.05, 4.69) is 40.3 Å². The smallest absolute Gasteiger partial charge is 0.284 e. The van der Waals surface area contributed by atoms with Gasteiger partial charge >= 0.3 is 0 Å². The first-order valence-corrected chi connectivity index (χ1v) is 8.90. The number of rotatable bonds is 2. The van der Waals surface area contributed by atoms with E-state index in [-0.39, 0.29) is 20.1 Å². The van der Waals surface area contributed by atoms with Crippen LogP contribution in [0.15, 0.2) is 102 Å². The maximum Gasteiger partial charge on any atom is 0.284 e. The molecule has 0 bridgehead atoms. The summed E-state index contributed by atoms with van der Waals surface area (Å²) in [5.74, 6) is 2.92. The van der Waals surface area contributed by atoms with Crippen molar-refractivity contribution >= 4 is 24.6 Å². The topological polar surface area (TPSA) is 28.5 Å². The van der Waals surface area contributed by atoms with Crippen molar-refractivity contribution in [1.29, 1.82) is 0 Å². The Morgan fingerprint density at radius 1 is 0.929 bits per heavy atom. The van der Waals surface area contributed by atoms with Gasteiger partial charge in [-0.25, -0.2) is 4.98 Å². The zero-order valence-electron chi connectivity index (χ0n) is 15.2. The van der Waals surface area contributed by atoms with E-state index in [0.717, 1.165) is 29.2 Å². The summed E-state index contributed by atoms with van der Waals surface area (Å²) in [5.41, 5.74) is 4.64. The van der Waals surface area contributed by atoms with Crippen LogP contribution in [0.5, 0.6) is 0 Å². The molecule has 5 rings (SSSR count). The van der Waals surface area contributed by atoms with Crippen LogP contribution in [0.1, 0.15) is 11.1 Å². The van der Waals surface area contributed by atoms with Gasteiger partial charge in [-0.2, -0.15) is 0 Å². The Balaban J connectivity index is 0.000000159. The van der Waals surface area contributed by atoms with Crippen molar-refractivity contribution in [3.63, 3.8) is 0 Å². The summed E-state index contributed by atoms with van der Waals surface area (Å²) in [6, 6.07) is 25.3. The van der Waals surface area contributed by atoms with Crippen LogP contribution in [0, 0.1) is 6.07 Å². The Bertz CT molecular complexity index is 985. The van der Waals surface area contributed by atoms with Gasteiger partial charge in [0.25, 0.3) is 7.41 Å². The number of aliphatic imine (C=N–C) groups is 1. The second-order valence-electron chi connectivity index (χ2n) is 6.11. The summed E-state index contributed by atoms with van der Waals surface area (Å²) in [5, 5.41) is 0. The maximum absolute atomic E-state index is 4.61. The molecule has 2 aliphatic rings.